The van der Waals surface area contributed by atoms with E-state index in [0.29, 0.717) is 35.6 Å². The van der Waals surface area contributed by atoms with Gasteiger partial charge in [0.15, 0.2) is 0 Å². The summed E-state index contributed by atoms with van der Waals surface area (Å²) in [5, 5.41) is 0. The number of allylic oxidation sites excluding steroid dienone is 1. The molecule has 2 saturated carbocycles. The van der Waals surface area contributed by atoms with Gasteiger partial charge in [-0.1, -0.05) is 30.4 Å². The van der Waals surface area contributed by atoms with Gasteiger partial charge in [0.2, 0.25) is 0 Å². The van der Waals surface area contributed by atoms with E-state index in [2.05, 4.69) is 17.1 Å². The number of aromatic nitrogens is 1. The lowest BCUT2D eigenvalue weighted by Crippen LogP contribution is -2.42. The second kappa shape index (κ2) is 6.14. The van der Waals surface area contributed by atoms with E-state index in [1.165, 1.54) is 25.7 Å². The van der Waals surface area contributed by atoms with E-state index in [-0.39, 0.29) is 12.1 Å². The number of pyridine rings is 1. The third kappa shape index (κ3) is 2.96. The molecule has 4 heteroatoms. The van der Waals surface area contributed by atoms with Crippen LogP contribution in [0.3, 0.4) is 0 Å². The van der Waals surface area contributed by atoms with Gasteiger partial charge in [0.1, 0.15) is 14.0 Å². The summed E-state index contributed by atoms with van der Waals surface area (Å²) in [5.41, 5.74) is 1.63. The third-order valence-electron chi connectivity index (χ3n) is 5.97. The summed E-state index contributed by atoms with van der Waals surface area (Å²) >= 11 is 0. The molecule has 1 saturated heterocycles. The Morgan fingerprint density at radius 2 is 2.00 bits per heavy atom. The van der Waals surface area contributed by atoms with E-state index in [0.717, 1.165) is 12.1 Å². The molecule has 3 aliphatic rings. The fraction of sp³-hybridized carbons (Fsp3) is 0.579. The maximum absolute atomic E-state index is 11.7. The topological polar surface area (TPSA) is 39.2 Å². The average molecular weight is 307 g/mol. The van der Waals surface area contributed by atoms with E-state index in [1.54, 1.807) is 6.20 Å². The summed E-state index contributed by atoms with van der Waals surface area (Å²) in [6, 6.07) is 3.83. The van der Waals surface area contributed by atoms with Crippen LogP contribution in [0.5, 0.6) is 0 Å². The molecule has 118 valence electrons. The summed E-state index contributed by atoms with van der Waals surface area (Å²) in [6.45, 7) is 0. The van der Waals surface area contributed by atoms with Gasteiger partial charge in [-0.2, -0.15) is 0 Å². The Kier molecular flexibility index (Phi) is 4.00. The molecular formula is C19H22BNO2. The lowest BCUT2D eigenvalue weighted by molar-refractivity contribution is -0.143. The number of esters is 1. The number of carbonyl (C=O) groups is 1. The first-order chi connectivity index (χ1) is 11.2. The van der Waals surface area contributed by atoms with Gasteiger partial charge in [-0.15, -0.1) is 0 Å². The Labute approximate surface area is 138 Å². The Hall–Kier alpha value is -1.58. The zero-order chi connectivity index (χ0) is 15.8. The molecule has 0 N–H and O–H groups in total. The molecule has 0 aromatic carbocycles. The van der Waals surface area contributed by atoms with Crippen molar-refractivity contribution in [2.45, 2.75) is 44.6 Å². The molecule has 2 radical (unpaired) electrons. The van der Waals surface area contributed by atoms with Crippen molar-refractivity contribution in [3.05, 3.63) is 30.1 Å². The minimum atomic E-state index is 0.00848. The summed E-state index contributed by atoms with van der Waals surface area (Å²) in [5.74, 6) is 2.32. The Morgan fingerprint density at radius 3 is 2.78 bits per heavy atom. The quantitative estimate of drug-likeness (QED) is 0.623. The van der Waals surface area contributed by atoms with Crippen molar-refractivity contribution >= 4 is 25.4 Å². The molecule has 23 heavy (non-hydrogen) atoms. The molecule has 3 nitrogen and oxygen atoms in total. The molecule has 2 heterocycles. The van der Waals surface area contributed by atoms with E-state index in [1.807, 2.05) is 12.1 Å². The fourth-order valence-electron chi connectivity index (χ4n) is 4.93. The lowest BCUT2D eigenvalue weighted by Gasteiger charge is -2.45. The van der Waals surface area contributed by atoms with Gasteiger partial charge in [0, 0.05) is 12.1 Å². The number of nitrogens with zero attached hydrogens (tertiary/aromatic N) is 1. The number of rotatable bonds is 2. The smallest absolute Gasteiger partial charge is 0.306 e. The minimum absolute atomic E-state index is 0.00848. The maximum atomic E-state index is 11.7. The van der Waals surface area contributed by atoms with Gasteiger partial charge < -0.3 is 4.74 Å². The Morgan fingerprint density at radius 1 is 1.17 bits per heavy atom. The van der Waals surface area contributed by atoms with E-state index in [4.69, 9.17) is 12.6 Å². The van der Waals surface area contributed by atoms with Crippen molar-refractivity contribution in [2.75, 3.05) is 0 Å². The molecule has 3 fully saturated rings. The largest absolute Gasteiger partial charge is 0.462 e. The molecule has 0 bridgehead atoms. The zero-order valence-corrected chi connectivity index (χ0v) is 13.4. The molecule has 1 aromatic heterocycles. The normalized spacial score (nSPS) is 36.5. The summed E-state index contributed by atoms with van der Waals surface area (Å²) < 4.78 is 5.61. The summed E-state index contributed by atoms with van der Waals surface area (Å²) in [6.07, 6.45) is 13.0. The first-order valence-corrected chi connectivity index (χ1v) is 8.80. The number of hydrogen-bond donors (Lipinski definition) is 0. The SMILES string of the molecule is [B]c1ccc(/C=C/[C@@H]2C[C@H]3OC(=O)C[C@H]3[C@@H]3CCCC[C@H]32)nc1. The molecule has 2 aliphatic carbocycles. The Bertz CT molecular complexity index is 612. The predicted octanol–water partition coefficient (Wildman–Crippen LogP) is 2.65. The van der Waals surface area contributed by atoms with Crippen LogP contribution in [0, 0.1) is 23.7 Å². The monoisotopic (exact) mass is 307 g/mol. The number of hydrogen-bond acceptors (Lipinski definition) is 3. The van der Waals surface area contributed by atoms with Gasteiger partial charge >= 0.3 is 5.97 Å². The Balaban J connectivity index is 1.55. The van der Waals surface area contributed by atoms with Crippen molar-refractivity contribution in [3.8, 4) is 0 Å². The van der Waals surface area contributed by atoms with Gasteiger partial charge in [-0.3, -0.25) is 9.78 Å². The van der Waals surface area contributed by atoms with Gasteiger partial charge in [0.25, 0.3) is 0 Å². The average Bonchev–Trinajstić information content (AvgIpc) is 2.94. The molecule has 1 aliphatic heterocycles. The highest BCUT2D eigenvalue weighted by Crippen LogP contribution is 2.51. The highest BCUT2D eigenvalue weighted by molar-refractivity contribution is 6.32. The van der Waals surface area contributed by atoms with Crippen LogP contribution in [0.2, 0.25) is 0 Å². The van der Waals surface area contributed by atoms with Crippen LogP contribution in [0.15, 0.2) is 24.4 Å². The molecule has 0 spiro atoms. The summed E-state index contributed by atoms with van der Waals surface area (Å²) in [4.78, 5) is 16.1. The van der Waals surface area contributed by atoms with E-state index < -0.39 is 0 Å². The first kappa shape index (κ1) is 15.0. The van der Waals surface area contributed by atoms with Crippen LogP contribution in [0.1, 0.15) is 44.2 Å². The van der Waals surface area contributed by atoms with Crippen LogP contribution in [-0.2, 0) is 9.53 Å². The van der Waals surface area contributed by atoms with Crippen LogP contribution in [0.25, 0.3) is 6.08 Å². The van der Waals surface area contributed by atoms with Crippen LogP contribution >= 0.6 is 0 Å². The highest BCUT2D eigenvalue weighted by atomic mass is 16.5. The highest BCUT2D eigenvalue weighted by Gasteiger charge is 2.49. The number of carbonyl (C=O) groups excluding carboxylic acids is 1. The lowest BCUT2D eigenvalue weighted by atomic mass is 9.60. The van der Waals surface area contributed by atoms with Crippen molar-refractivity contribution in [1.82, 2.24) is 4.98 Å². The molecular weight excluding hydrogens is 285 g/mol. The molecule has 0 amide bonds. The maximum Gasteiger partial charge on any atom is 0.306 e. The minimum Gasteiger partial charge on any atom is -0.462 e. The van der Waals surface area contributed by atoms with E-state index >= 15 is 0 Å². The third-order valence-corrected chi connectivity index (χ3v) is 5.97. The van der Waals surface area contributed by atoms with Gasteiger partial charge in [-0.05, 0) is 49.2 Å². The van der Waals surface area contributed by atoms with Crippen molar-refractivity contribution in [1.29, 1.82) is 0 Å². The second-order valence-electron chi connectivity index (χ2n) is 7.28. The first-order valence-electron chi connectivity index (χ1n) is 8.80. The van der Waals surface area contributed by atoms with E-state index in [9.17, 15) is 4.79 Å². The standard InChI is InChI=1S/C19H22BNO2/c20-13-6-8-14(21-11-13)7-5-12-9-18-17(10-19(22)23-18)16-4-2-1-3-15(12)16/h5-8,11-12,15-18H,1-4,9-10H2/b7-5+/t12-,15+,16-,17+,18-/m1/s1. The van der Waals surface area contributed by atoms with Crippen LogP contribution in [-0.4, -0.2) is 24.9 Å². The van der Waals surface area contributed by atoms with Gasteiger partial charge in [0.05, 0.1) is 12.1 Å². The van der Waals surface area contributed by atoms with Gasteiger partial charge in [-0.25, -0.2) is 0 Å². The van der Waals surface area contributed by atoms with Crippen LogP contribution < -0.4 is 5.46 Å². The molecule has 4 rings (SSSR count). The molecule has 5 atom stereocenters. The molecule has 1 aromatic rings. The molecule has 0 unspecified atom stereocenters. The number of fused-ring (bicyclic) bond motifs is 3. The zero-order valence-electron chi connectivity index (χ0n) is 13.4. The predicted molar refractivity (Wildman–Crippen MR) is 90.2 cm³/mol. The van der Waals surface area contributed by atoms with Crippen molar-refractivity contribution in [3.63, 3.8) is 0 Å². The number of ether oxygens (including phenoxy) is 1. The summed E-state index contributed by atoms with van der Waals surface area (Å²) in [7, 11) is 5.69. The fourth-order valence-corrected chi connectivity index (χ4v) is 4.93. The second-order valence-corrected chi connectivity index (χ2v) is 7.28. The van der Waals surface area contributed by atoms with Crippen LogP contribution in [0.4, 0.5) is 0 Å². The van der Waals surface area contributed by atoms with Crippen molar-refractivity contribution < 1.29 is 9.53 Å². The van der Waals surface area contributed by atoms with Crippen molar-refractivity contribution in [2.24, 2.45) is 23.7 Å².